The lowest BCUT2D eigenvalue weighted by Crippen LogP contribution is -2.41. The van der Waals surface area contributed by atoms with Crippen molar-refractivity contribution in [2.45, 2.75) is 76.8 Å². The van der Waals surface area contributed by atoms with E-state index in [2.05, 4.69) is 31.0 Å². The average Bonchev–Trinajstić information content (AvgIpc) is 3.20. The Morgan fingerprint density at radius 3 is 2.69 bits per heavy atom. The molecule has 0 radical (unpaired) electrons. The molecule has 0 bridgehead atoms. The number of halogens is 3. The van der Waals surface area contributed by atoms with Crippen LogP contribution in [0.5, 0.6) is 0 Å². The highest BCUT2D eigenvalue weighted by Crippen LogP contribution is 2.65. The Balaban J connectivity index is 1.39. The smallest absolute Gasteiger partial charge is 0.342 e. The zero-order valence-corrected chi connectivity index (χ0v) is 20.9. The van der Waals surface area contributed by atoms with Crippen LogP contribution in [0.1, 0.15) is 96.8 Å². The number of pyridine rings is 1. The van der Waals surface area contributed by atoms with Crippen LogP contribution in [0.25, 0.3) is 0 Å². The molecule has 5 atom stereocenters. The van der Waals surface area contributed by atoms with Crippen LogP contribution in [0.2, 0.25) is 0 Å². The summed E-state index contributed by atoms with van der Waals surface area (Å²) in [4.78, 5) is 18.6. The van der Waals surface area contributed by atoms with Crippen molar-refractivity contribution < 1.29 is 18.0 Å². The van der Waals surface area contributed by atoms with Gasteiger partial charge in [0.25, 0.3) is 5.91 Å². The van der Waals surface area contributed by atoms with E-state index in [4.69, 9.17) is 0 Å². The standard InChI is InChI=1S/C29H35F3N2O/c1-4-13-34(3)27(35)19-6-7-22-18(14-19)5-8-24-23(22)11-12-28(2)25(9-10-26(24)28)20-15-21(17-33-16-20)29(30,31)32/h6-7,14-17,23-26H,4-5,8-13H2,1-3H3. The minimum Gasteiger partial charge on any atom is -0.342 e. The van der Waals surface area contributed by atoms with Crippen LogP contribution in [-0.2, 0) is 12.6 Å². The van der Waals surface area contributed by atoms with Gasteiger partial charge in [-0.3, -0.25) is 9.78 Å². The first-order chi connectivity index (χ1) is 16.6. The number of hydrogen-bond donors (Lipinski definition) is 0. The molecule has 5 rings (SSSR count). The van der Waals surface area contributed by atoms with Crippen molar-refractivity contribution in [1.82, 2.24) is 9.88 Å². The maximum absolute atomic E-state index is 13.3. The monoisotopic (exact) mass is 484 g/mol. The first-order valence-electron chi connectivity index (χ1n) is 13.0. The number of aromatic nitrogens is 1. The Kier molecular flexibility index (Phi) is 6.21. The second kappa shape index (κ2) is 8.94. The lowest BCUT2D eigenvalue weighted by Gasteiger charge is -2.51. The van der Waals surface area contributed by atoms with Crippen LogP contribution in [-0.4, -0.2) is 29.4 Å². The third-order valence-electron chi connectivity index (χ3n) is 9.37. The van der Waals surface area contributed by atoms with Crippen molar-refractivity contribution in [3.8, 4) is 0 Å². The zero-order chi connectivity index (χ0) is 25.0. The average molecular weight is 485 g/mol. The van der Waals surface area contributed by atoms with Crippen molar-refractivity contribution in [2.24, 2.45) is 17.3 Å². The number of benzene rings is 1. The number of hydrogen-bond acceptors (Lipinski definition) is 2. The first kappa shape index (κ1) is 24.3. The van der Waals surface area contributed by atoms with E-state index in [1.54, 1.807) is 11.1 Å². The maximum atomic E-state index is 13.3. The highest BCUT2D eigenvalue weighted by molar-refractivity contribution is 5.94. The fourth-order valence-corrected chi connectivity index (χ4v) is 7.72. The summed E-state index contributed by atoms with van der Waals surface area (Å²) in [6.45, 7) is 5.14. The molecule has 2 fully saturated rings. The number of fused-ring (bicyclic) bond motifs is 5. The predicted octanol–water partition coefficient (Wildman–Crippen LogP) is 7.22. The Labute approximate surface area is 206 Å². The summed E-state index contributed by atoms with van der Waals surface area (Å²) >= 11 is 0. The van der Waals surface area contributed by atoms with Gasteiger partial charge in [0.15, 0.2) is 0 Å². The van der Waals surface area contributed by atoms with Gasteiger partial charge in [0, 0.05) is 31.5 Å². The number of nitrogens with zero attached hydrogens (tertiary/aromatic N) is 2. The Bertz CT molecular complexity index is 1110. The largest absolute Gasteiger partial charge is 0.417 e. The minimum atomic E-state index is -4.36. The molecule has 3 aliphatic carbocycles. The fraction of sp³-hybridized carbons (Fsp3) is 0.586. The van der Waals surface area contributed by atoms with Crippen molar-refractivity contribution in [3.63, 3.8) is 0 Å². The Morgan fingerprint density at radius 2 is 1.94 bits per heavy atom. The molecule has 3 aliphatic rings. The maximum Gasteiger partial charge on any atom is 0.417 e. The number of carbonyl (C=O) groups is 1. The summed E-state index contributed by atoms with van der Waals surface area (Å²) in [6.07, 6.45) is 5.29. The van der Waals surface area contributed by atoms with Crippen LogP contribution in [0.3, 0.4) is 0 Å². The Morgan fingerprint density at radius 1 is 1.14 bits per heavy atom. The van der Waals surface area contributed by atoms with Crippen LogP contribution in [0.4, 0.5) is 13.2 Å². The summed E-state index contributed by atoms with van der Waals surface area (Å²) in [5, 5.41) is 0. The van der Waals surface area contributed by atoms with E-state index in [-0.39, 0.29) is 17.2 Å². The molecule has 2 saturated carbocycles. The normalized spacial score (nSPS) is 29.8. The number of alkyl halides is 3. The molecule has 0 aliphatic heterocycles. The van der Waals surface area contributed by atoms with Gasteiger partial charge >= 0.3 is 6.18 Å². The van der Waals surface area contributed by atoms with E-state index in [1.165, 1.54) is 17.2 Å². The van der Waals surface area contributed by atoms with Gasteiger partial charge in [0.2, 0.25) is 0 Å². The molecule has 35 heavy (non-hydrogen) atoms. The van der Waals surface area contributed by atoms with E-state index < -0.39 is 11.7 Å². The number of rotatable bonds is 4. The van der Waals surface area contributed by atoms with E-state index in [1.807, 2.05) is 13.1 Å². The lowest BCUT2D eigenvalue weighted by molar-refractivity contribution is -0.137. The van der Waals surface area contributed by atoms with Gasteiger partial charge in [-0.2, -0.15) is 13.2 Å². The van der Waals surface area contributed by atoms with E-state index in [9.17, 15) is 18.0 Å². The van der Waals surface area contributed by atoms with Gasteiger partial charge in [-0.05, 0) is 109 Å². The zero-order valence-electron chi connectivity index (χ0n) is 20.9. The lowest BCUT2D eigenvalue weighted by atomic mass is 9.53. The second-order valence-corrected chi connectivity index (χ2v) is 11.2. The van der Waals surface area contributed by atoms with Gasteiger partial charge in [-0.25, -0.2) is 0 Å². The van der Waals surface area contributed by atoms with Crippen LogP contribution in [0, 0.1) is 17.3 Å². The van der Waals surface area contributed by atoms with E-state index in [0.29, 0.717) is 17.8 Å². The molecule has 3 nitrogen and oxygen atoms in total. The predicted molar refractivity (Wildman–Crippen MR) is 130 cm³/mol. The molecule has 1 aromatic heterocycles. The molecular weight excluding hydrogens is 449 g/mol. The topological polar surface area (TPSA) is 33.2 Å². The van der Waals surface area contributed by atoms with Crippen LogP contribution < -0.4 is 0 Å². The molecule has 1 heterocycles. The van der Waals surface area contributed by atoms with Crippen LogP contribution in [0.15, 0.2) is 36.7 Å². The molecular formula is C29H35F3N2O. The number of aryl methyl sites for hydroxylation is 1. The van der Waals surface area contributed by atoms with E-state index in [0.717, 1.165) is 68.8 Å². The molecule has 0 N–H and O–H groups in total. The van der Waals surface area contributed by atoms with Crippen molar-refractivity contribution in [1.29, 1.82) is 0 Å². The molecule has 188 valence electrons. The Hall–Kier alpha value is -2.37. The molecule has 2 aromatic rings. The molecule has 1 amide bonds. The molecule has 5 unspecified atom stereocenters. The summed E-state index contributed by atoms with van der Waals surface area (Å²) in [5.41, 5.74) is 3.58. The number of carbonyl (C=O) groups excluding carboxylic acids is 1. The van der Waals surface area contributed by atoms with E-state index >= 15 is 0 Å². The quantitative estimate of drug-likeness (QED) is 0.459. The van der Waals surface area contributed by atoms with Crippen molar-refractivity contribution in [2.75, 3.05) is 13.6 Å². The highest BCUT2D eigenvalue weighted by Gasteiger charge is 2.55. The summed E-state index contributed by atoms with van der Waals surface area (Å²) in [5.74, 6) is 1.74. The molecule has 6 heteroatoms. The van der Waals surface area contributed by atoms with Gasteiger partial charge in [-0.15, -0.1) is 0 Å². The third kappa shape index (κ3) is 4.17. The summed E-state index contributed by atoms with van der Waals surface area (Å²) in [7, 11) is 1.86. The van der Waals surface area contributed by atoms with Gasteiger partial charge in [-0.1, -0.05) is 19.9 Å². The SMILES string of the molecule is CCCN(C)C(=O)c1ccc2c(c1)CCC1C2CCC2(C)C(c3cncc(C(F)(F)F)c3)CCC12. The minimum absolute atomic E-state index is 0.00332. The van der Waals surface area contributed by atoms with Gasteiger partial charge < -0.3 is 4.90 Å². The third-order valence-corrected chi connectivity index (χ3v) is 9.37. The molecule has 1 aromatic carbocycles. The fourth-order valence-electron chi connectivity index (χ4n) is 7.72. The van der Waals surface area contributed by atoms with Crippen molar-refractivity contribution in [3.05, 3.63) is 64.5 Å². The number of amides is 1. The van der Waals surface area contributed by atoms with Gasteiger partial charge in [0.1, 0.15) is 0 Å². The summed E-state index contributed by atoms with van der Waals surface area (Å²) < 4.78 is 40.0. The van der Waals surface area contributed by atoms with Gasteiger partial charge in [0.05, 0.1) is 5.56 Å². The highest BCUT2D eigenvalue weighted by atomic mass is 19.4. The summed E-state index contributed by atoms with van der Waals surface area (Å²) in [6, 6.07) is 7.63. The molecule has 0 spiro atoms. The molecule has 0 saturated heterocycles. The van der Waals surface area contributed by atoms with Crippen LogP contribution >= 0.6 is 0 Å². The van der Waals surface area contributed by atoms with Crippen molar-refractivity contribution >= 4 is 5.91 Å². The second-order valence-electron chi connectivity index (χ2n) is 11.2. The first-order valence-corrected chi connectivity index (χ1v) is 13.0.